The van der Waals surface area contributed by atoms with Crippen LogP contribution in [0.1, 0.15) is 25.1 Å². The molecule has 1 aromatic carbocycles. The standard InChI is InChI=1S/C13H12F3NO/c1-2-10(17)11-3-4-12(18-11)13-8(15)5-7(14)6-9(13)16/h3-6,10H,2,17H2,1H3. The van der Waals surface area contributed by atoms with E-state index in [1.807, 2.05) is 6.92 Å². The molecule has 1 aromatic heterocycles. The Kier molecular flexibility index (Phi) is 3.43. The van der Waals surface area contributed by atoms with Crippen molar-refractivity contribution in [1.82, 2.24) is 0 Å². The summed E-state index contributed by atoms with van der Waals surface area (Å²) in [6.07, 6.45) is 0.640. The van der Waals surface area contributed by atoms with E-state index in [1.165, 1.54) is 6.07 Å². The van der Waals surface area contributed by atoms with Crippen molar-refractivity contribution in [2.75, 3.05) is 0 Å². The Morgan fingerprint density at radius 2 is 1.78 bits per heavy atom. The van der Waals surface area contributed by atoms with Gasteiger partial charge < -0.3 is 10.2 Å². The molecule has 18 heavy (non-hydrogen) atoms. The molecule has 0 aliphatic rings. The van der Waals surface area contributed by atoms with Gasteiger partial charge in [0.25, 0.3) is 0 Å². The molecule has 96 valence electrons. The maximum Gasteiger partial charge on any atom is 0.140 e. The first-order chi connectivity index (χ1) is 8.52. The summed E-state index contributed by atoms with van der Waals surface area (Å²) in [4.78, 5) is 0. The molecule has 0 aliphatic heterocycles. The maximum absolute atomic E-state index is 13.5. The van der Waals surface area contributed by atoms with Crippen LogP contribution in [0, 0.1) is 17.5 Å². The third kappa shape index (κ3) is 2.26. The summed E-state index contributed by atoms with van der Waals surface area (Å²) in [5, 5.41) is 0. The lowest BCUT2D eigenvalue weighted by Gasteiger charge is -2.05. The average Bonchev–Trinajstić information content (AvgIpc) is 2.76. The van der Waals surface area contributed by atoms with Crippen LogP contribution in [0.4, 0.5) is 13.2 Å². The summed E-state index contributed by atoms with van der Waals surface area (Å²) < 4.78 is 45.1. The van der Waals surface area contributed by atoms with Crippen LogP contribution in [0.3, 0.4) is 0 Å². The fourth-order valence-corrected chi connectivity index (χ4v) is 1.67. The molecule has 0 radical (unpaired) electrons. The molecule has 5 heteroatoms. The summed E-state index contributed by atoms with van der Waals surface area (Å²) in [5.74, 6) is -2.53. The molecule has 2 nitrogen and oxygen atoms in total. The van der Waals surface area contributed by atoms with Crippen LogP contribution in [-0.4, -0.2) is 0 Å². The van der Waals surface area contributed by atoms with E-state index in [4.69, 9.17) is 10.2 Å². The topological polar surface area (TPSA) is 39.2 Å². The summed E-state index contributed by atoms with van der Waals surface area (Å²) in [5.41, 5.74) is 5.36. The molecule has 2 N–H and O–H groups in total. The van der Waals surface area contributed by atoms with Gasteiger partial charge in [0.15, 0.2) is 0 Å². The van der Waals surface area contributed by atoms with E-state index in [-0.39, 0.29) is 17.4 Å². The van der Waals surface area contributed by atoms with Crippen LogP contribution in [0.5, 0.6) is 0 Å². The predicted octanol–water partition coefficient (Wildman–Crippen LogP) is 3.77. The van der Waals surface area contributed by atoms with Gasteiger partial charge in [-0.1, -0.05) is 6.92 Å². The SMILES string of the molecule is CCC(N)c1ccc(-c2c(F)cc(F)cc2F)o1. The number of hydrogen-bond acceptors (Lipinski definition) is 2. The van der Waals surface area contributed by atoms with Gasteiger partial charge in [-0.15, -0.1) is 0 Å². The zero-order chi connectivity index (χ0) is 13.3. The Labute approximate surface area is 102 Å². The molecule has 0 amide bonds. The highest BCUT2D eigenvalue weighted by molar-refractivity contribution is 5.59. The second kappa shape index (κ2) is 4.86. The first-order valence-electron chi connectivity index (χ1n) is 5.53. The monoisotopic (exact) mass is 255 g/mol. The lowest BCUT2D eigenvalue weighted by Crippen LogP contribution is -2.06. The summed E-state index contributed by atoms with van der Waals surface area (Å²) in [6.45, 7) is 1.87. The molecule has 0 spiro atoms. The molecule has 0 saturated carbocycles. The Morgan fingerprint density at radius 1 is 1.17 bits per heavy atom. The molecule has 2 aromatic rings. The van der Waals surface area contributed by atoms with Gasteiger partial charge in [0.2, 0.25) is 0 Å². The molecular weight excluding hydrogens is 243 g/mol. The second-order valence-electron chi connectivity index (χ2n) is 3.96. The minimum absolute atomic E-state index is 0.00361. The van der Waals surface area contributed by atoms with E-state index in [0.29, 0.717) is 24.3 Å². The number of halogens is 3. The smallest absolute Gasteiger partial charge is 0.140 e. The van der Waals surface area contributed by atoms with Crippen LogP contribution in [-0.2, 0) is 0 Å². The second-order valence-corrected chi connectivity index (χ2v) is 3.96. The van der Waals surface area contributed by atoms with Crippen molar-refractivity contribution in [3.63, 3.8) is 0 Å². The van der Waals surface area contributed by atoms with Crippen LogP contribution in [0.15, 0.2) is 28.7 Å². The third-order valence-corrected chi connectivity index (χ3v) is 2.69. The molecule has 0 bridgehead atoms. The van der Waals surface area contributed by atoms with E-state index in [9.17, 15) is 13.2 Å². The van der Waals surface area contributed by atoms with Gasteiger partial charge in [-0.3, -0.25) is 0 Å². The van der Waals surface area contributed by atoms with Gasteiger partial charge in [-0.25, -0.2) is 13.2 Å². The van der Waals surface area contributed by atoms with Crippen molar-refractivity contribution in [3.05, 3.63) is 47.5 Å². The van der Waals surface area contributed by atoms with E-state index in [2.05, 4.69) is 0 Å². The van der Waals surface area contributed by atoms with E-state index >= 15 is 0 Å². The van der Waals surface area contributed by atoms with Crippen molar-refractivity contribution in [2.45, 2.75) is 19.4 Å². The highest BCUT2D eigenvalue weighted by atomic mass is 19.1. The molecule has 2 rings (SSSR count). The molecule has 0 aliphatic carbocycles. The third-order valence-electron chi connectivity index (χ3n) is 2.69. The minimum Gasteiger partial charge on any atom is -0.459 e. The Hall–Kier alpha value is -1.75. The number of benzene rings is 1. The Balaban J connectivity index is 2.46. The first kappa shape index (κ1) is 12.7. The lowest BCUT2D eigenvalue weighted by atomic mass is 10.1. The minimum atomic E-state index is -1.00. The highest BCUT2D eigenvalue weighted by Gasteiger charge is 2.18. The fourth-order valence-electron chi connectivity index (χ4n) is 1.67. The number of hydrogen-bond donors (Lipinski definition) is 1. The normalized spacial score (nSPS) is 12.7. The number of nitrogens with two attached hydrogens (primary N) is 1. The highest BCUT2D eigenvalue weighted by Crippen LogP contribution is 2.30. The van der Waals surface area contributed by atoms with Gasteiger partial charge >= 0.3 is 0 Å². The van der Waals surface area contributed by atoms with E-state index < -0.39 is 17.5 Å². The summed E-state index contributed by atoms with van der Waals surface area (Å²) in [7, 11) is 0. The number of rotatable bonds is 3. The average molecular weight is 255 g/mol. The number of furan rings is 1. The quantitative estimate of drug-likeness (QED) is 0.906. The van der Waals surface area contributed by atoms with Gasteiger partial charge in [-0.05, 0) is 18.6 Å². The molecule has 1 heterocycles. The molecule has 1 unspecified atom stereocenters. The zero-order valence-electron chi connectivity index (χ0n) is 9.71. The first-order valence-corrected chi connectivity index (χ1v) is 5.53. The van der Waals surface area contributed by atoms with Crippen molar-refractivity contribution >= 4 is 0 Å². The maximum atomic E-state index is 13.5. The van der Waals surface area contributed by atoms with Crippen LogP contribution < -0.4 is 5.73 Å². The van der Waals surface area contributed by atoms with Crippen LogP contribution >= 0.6 is 0 Å². The Bertz CT molecular complexity index is 542. The Morgan fingerprint density at radius 3 is 2.33 bits per heavy atom. The van der Waals surface area contributed by atoms with Crippen LogP contribution in [0.2, 0.25) is 0 Å². The van der Waals surface area contributed by atoms with Gasteiger partial charge in [0.05, 0.1) is 11.6 Å². The lowest BCUT2D eigenvalue weighted by molar-refractivity contribution is 0.462. The largest absolute Gasteiger partial charge is 0.459 e. The van der Waals surface area contributed by atoms with E-state index in [1.54, 1.807) is 6.07 Å². The molecular formula is C13H12F3NO. The molecule has 0 saturated heterocycles. The van der Waals surface area contributed by atoms with Crippen molar-refractivity contribution in [1.29, 1.82) is 0 Å². The molecule has 1 atom stereocenters. The van der Waals surface area contributed by atoms with Crippen LogP contribution in [0.25, 0.3) is 11.3 Å². The van der Waals surface area contributed by atoms with Crippen molar-refractivity contribution in [2.24, 2.45) is 5.73 Å². The van der Waals surface area contributed by atoms with Crippen molar-refractivity contribution < 1.29 is 17.6 Å². The van der Waals surface area contributed by atoms with Gasteiger partial charge in [-0.2, -0.15) is 0 Å². The van der Waals surface area contributed by atoms with E-state index in [0.717, 1.165) is 0 Å². The summed E-state index contributed by atoms with van der Waals surface area (Å²) >= 11 is 0. The zero-order valence-corrected chi connectivity index (χ0v) is 9.71. The predicted molar refractivity (Wildman–Crippen MR) is 61.2 cm³/mol. The molecule has 0 fully saturated rings. The fraction of sp³-hybridized carbons (Fsp3) is 0.231. The van der Waals surface area contributed by atoms with Crippen molar-refractivity contribution in [3.8, 4) is 11.3 Å². The van der Waals surface area contributed by atoms with Gasteiger partial charge in [0, 0.05) is 12.1 Å². The van der Waals surface area contributed by atoms with Gasteiger partial charge in [0.1, 0.15) is 29.0 Å². The summed E-state index contributed by atoms with van der Waals surface area (Å²) in [6, 6.07) is 3.88.